The number of hydrogen-bond acceptors (Lipinski definition) is 5. The summed E-state index contributed by atoms with van der Waals surface area (Å²) in [6.07, 6.45) is 7.73. The lowest BCUT2D eigenvalue weighted by molar-refractivity contribution is -0.186. The van der Waals surface area contributed by atoms with Crippen molar-refractivity contribution in [3.8, 4) is 5.75 Å². The summed E-state index contributed by atoms with van der Waals surface area (Å²) in [5, 5.41) is 0. The Labute approximate surface area is 200 Å². The third-order valence-electron chi connectivity index (χ3n) is 8.02. The summed E-state index contributed by atoms with van der Waals surface area (Å²) in [5.74, 6) is 3.06. The van der Waals surface area contributed by atoms with Crippen molar-refractivity contribution in [2.45, 2.75) is 98.0 Å². The molecule has 5 heteroatoms. The van der Waals surface area contributed by atoms with E-state index in [9.17, 15) is 9.59 Å². The van der Waals surface area contributed by atoms with E-state index in [1.165, 1.54) is 44.8 Å². The number of esters is 1. The molecule has 1 aromatic carbocycles. The van der Waals surface area contributed by atoms with E-state index in [1.807, 2.05) is 19.1 Å². The van der Waals surface area contributed by atoms with E-state index in [0.717, 1.165) is 18.8 Å². The Morgan fingerprint density at radius 2 is 1.73 bits per heavy atom. The summed E-state index contributed by atoms with van der Waals surface area (Å²) in [4.78, 5) is 22.9. The lowest BCUT2D eigenvalue weighted by Crippen LogP contribution is -2.51. The Balaban J connectivity index is 0.000000238. The van der Waals surface area contributed by atoms with E-state index >= 15 is 0 Å². The molecule has 5 nitrogen and oxygen atoms in total. The molecule has 0 spiro atoms. The Morgan fingerprint density at radius 1 is 1.06 bits per heavy atom. The molecule has 186 valence electrons. The third kappa shape index (κ3) is 7.22. The summed E-state index contributed by atoms with van der Waals surface area (Å²) in [5.41, 5.74) is 1.03. The number of rotatable bonds is 6. The first-order valence-corrected chi connectivity index (χ1v) is 12.7. The van der Waals surface area contributed by atoms with Crippen LogP contribution in [0.3, 0.4) is 0 Å². The van der Waals surface area contributed by atoms with Crippen LogP contribution < -0.4 is 4.74 Å². The molecule has 0 N–H and O–H groups in total. The number of hydrogen-bond donors (Lipinski definition) is 0. The summed E-state index contributed by atoms with van der Waals surface area (Å²) >= 11 is 0. The van der Waals surface area contributed by atoms with Crippen LogP contribution in [0.25, 0.3) is 0 Å². The van der Waals surface area contributed by atoms with E-state index < -0.39 is 6.16 Å². The monoisotopic (exact) mass is 460 g/mol. The van der Waals surface area contributed by atoms with Crippen LogP contribution >= 0.6 is 0 Å². The highest BCUT2D eigenvalue weighted by atomic mass is 16.7. The number of methoxy groups -OCH3 is 1. The van der Waals surface area contributed by atoms with E-state index in [-0.39, 0.29) is 17.5 Å². The minimum absolute atomic E-state index is 0.0101. The van der Waals surface area contributed by atoms with Gasteiger partial charge in [-0.1, -0.05) is 59.6 Å². The minimum Gasteiger partial charge on any atom is -0.459 e. The molecule has 2 bridgehead atoms. The number of benzene rings is 1. The fraction of sp³-hybridized carbons (Fsp3) is 0.714. The second-order valence-electron chi connectivity index (χ2n) is 10.2. The van der Waals surface area contributed by atoms with Crippen molar-refractivity contribution in [3.05, 3.63) is 29.8 Å². The zero-order valence-corrected chi connectivity index (χ0v) is 21.7. The molecular formula is C28H44O5. The largest absolute Gasteiger partial charge is 0.513 e. The molecule has 0 radical (unpaired) electrons. The highest BCUT2D eigenvalue weighted by Gasteiger charge is 2.49. The summed E-state index contributed by atoms with van der Waals surface area (Å²) in [6.45, 7) is 12.8. The topological polar surface area (TPSA) is 61.8 Å². The normalized spacial score (nSPS) is 27.9. The van der Waals surface area contributed by atoms with Gasteiger partial charge in [0.25, 0.3) is 0 Å². The summed E-state index contributed by atoms with van der Waals surface area (Å²) in [6, 6.07) is 7.48. The smallest absolute Gasteiger partial charge is 0.459 e. The van der Waals surface area contributed by atoms with Crippen molar-refractivity contribution < 1.29 is 23.8 Å². The maximum Gasteiger partial charge on any atom is 0.513 e. The fourth-order valence-electron chi connectivity index (χ4n) is 5.07. The van der Waals surface area contributed by atoms with E-state index in [2.05, 4.69) is 39.4 Å². The van der Waals surface area contributed by atoms with Crippen LogP contribution in [-0.4, -0.2) is 24.8 Å². The van der Waals surface area contributed by atoms with Crippen molar-refractivity contribution >= 4 is 12.1 Å². The molecule has 0 saturated heterocycles. The molecule has 0 aliphatic heterocycles. The van der Waals surface area contributed by atoms with Crippen LogP contribution in [0.15, 0.2) is 24.3 Å². The molecule has 2 fully saturated rings. The van der Waals surface area contributed by atoms with E-state index in [1.54, 1.807) is 12.1 Å². The van der Waals surface area contributed by atoms with Crippen molar-refractivity contribution in [3.63, 3.8) is 0 Å². The lowest BCUT2D eigenvalue weighted by Gasteiger charge is -2.51. The highest BCUT2D eigenvalue weighted by molar-refractivity contribution is 5.72. The summed E-state index contributed by atoms with van der Waals surface area (Å²) in [7, 11) is 1.29. The maximum absolute atomic E-state index is 12.1. The third-order valence-corrected chi connectivity index (χ3v) is 8.02. The molecule has 6 atom stereocenters. The average molecular weight is 461 g/mol. The van der Waals surface area contributed by atoms with Crippen molar-refractivity contribution in [2.24, 2.45) is 23.7 Å². The predicted octanol–water partition coefficient (Wildman–Crippen LogP) is 7.53. The molecule has 6 unspecified atom stereocenters. The molecule has 0 amide bonds. The van der Waals surface area contributed by atoms with Crippen LogP contribution in [0.4, 0.5) is 4.79 Å². The highest BCUT2D eigenvalue weighted by Crippen LogP contribution is 2.50. The van der Waals surface area contributed by atoms with Crippen LogP contribution in [0.5, 0.6) is 5.75 Å². The van der Waals surface area contributed by atoms with Gasteiger partial charge in [0.2, 0.25) is 0 Å². The quantitative estimate of drug-likeness (QED) is 0.324. The van der Waals surface area contributed by atoms with E-state index in [4.69, 9.17) is 9.47 Å². The fourth-order valence-corrected chi connectivity index (χ4v) is 5.07. The molecule has 0 heterocycles. The van der Waals surface area contributed by atoms with Gasteiger partial charge in [0.1, 0.15) is 11.4 Å². The molecule has 2 aliphatic carbocycles. The van der Waals surface area contributed by atoms with Gasteiger partial charge in [-0.05, 0) is 80.4 Å². The minimum atomic E-state index is -0.689. The second kappa shape index (κ2) is 12.4. The summed E-state index contributed by atoms with van der Waals surface area (Å²) < 4.78 is 15.3. The molecule has 33 heavy (non-hydrogen) atoms. The molecule has 1 aromatic rings. The maximum atomic E-state index is 12.1. The van der Waals surface area contributed by atoms with Gasteiger partial charge in [-0.15, -0.1) is 0 Å². The van der Waals surface area contributed by atoms with Crippen LogP contribution in [0, 0.1) is 23.7 Å². The zero-order valence-electron chi connectivity index (χ0n) is 21.7. The van der Waals surface area contributed by atoms with Crippen molar-refractivity contribution in [1.29, 1.82) is 0 Å². The first kappa shape index (κ1) is 27.2. The van der Waals surface area contributed by atoms with Crippen molar-refractivity contribution in [2.75, 3.05) is 7.11 Å². The molecule has 2 aliphatic rings. The second-order valence-corrected chi connectivity index (χ2v) is 10.2. The van der Waals surface area contributed by atoms with Crippen molar-refractivity contribution in [1.82, 2.24) is 0 Å². The van der Waals surface area contributed by atoms with Gasteiger partial charge in [0, 0.05) is 0 Å². The Kier molecular flexibility index (Phi) is 10.2. The van der Waals surface area contributed by atoms with Crippen LogP contribution in [0.1, 0.15) is 98.0 Å². The standard InChI is InChI=1S/C16H28O2.C12H16O3/c1-5-11(2)15(17)18-16(4)12(3)9-13-7-6-8-14(16)10-13;1-4-9(2)10-5-7-11(8-6-10)15-12(13)14-3/h11-14H,5-10H2,1-4H3;5-9H,4H2,1-3H3. The molecule has 3 rings (SSSR count). The van der Waals surface area contributed by atoms with Gasteiger partial charge in [0.05, 0.1) is 13.0 Å². The average Bonchev–Trinajstić information content (AvgIpc) is 2.83. The number of carbonyl (C=O) groups is 2. The van der Waals surface area contributed by atoms with Gasteiger partial charge in [-0.2, -0.15) is 0 Å². The zero-order chi connectivity index (χ0) is 24.6. The molecule has 0 aromatic heterocycles. The Bertz CT molecular complexity index is 756. The SMILES string of the molecule is CCC(C)C(=O)OC1(C)C(C)CC2CCCC1C2.CCC(C)c1ccc(OC(=O)OC)cc1. The van der Waals surface area contributed by atoms with Gasteiger partial charge in [0.15, 0.2) is 0 Å². The lowest BCUT2D eigenvalue weighted by atomic mass is 9.60. The first-order chi connectivity index (χ1) is 15.6. The number of fused-ring (bicyclic) bond motifs is 2. The van der Waals surface area contributed by atoms with E-state index in [0.29, 0.717) is 23.5 Å². The van der Waals surface area contributed by atoms with Gasteiger partial charge < -0.3 is 14.2 Å². The van der Waals surface area contributed by atoms with Gasteiger partial charge in [-0.3, -0.25) is 4.79 Å². The molecule has 2 saturated carbocycles. The first-order valence-electron chi connectivity index (χ1n) is 12.7. The predicted molar refractivity (Wildman–Crippen MR) is 131 cm³/mol. The number of carbonyl (C=O) groups excluding carboxylic acids is 2. The Morgan fingerprint density at radius 3 is 2.30 bits per heavy atom. The van der Waals surface area contributed by atoms with Crippen LogP contribution in [-0.2, 0) is 14.3 Å². The number of ether oxygens (including phenoxy) is 3. The molecular weight excluding hydrogens is 416 g/mol. The van der Waals surface area contributed by atoms with Gasteiger partial charge >= 0.3 is 12.1 Å². The Hall–Kier alpha value is -2.04. The van der Waals surface area contributed by atoms with Crippen LogP contribution in [0.2, 0.25) is 0 Å². The van der Waals surface area contributed by atoms with Gasteiger partial charge in [-0.25, -0.2) is 4.79 Å².